The first-order valence-electron chi connectivity index (χ1n) is 8.09. The number of aryl methyl sites for hydroxylation is 1. The van der Waals surface area contributed by atoms with Crippen molar-refractivity contribution in [3.8, 4) is 0 Å². The smallest absolute Gasteiger partial charge is 0.261 e. The fourth-order valence-electron chi connectivity index (χ4n) is 2.88. The number of carbonyl (C=O) groups excluding carboxylic acids is 1. The molecular weight excluding hydrogens is 334 g/mol. The second-order valence-corrected chi connectivity index (χ2v) is 6.40. The van der Waals surface area contributed by atoms with Crippen molar-refractivity contribution in [1.29, 1.82) is 0 Å². The molecule has 25 heavy (non-hydrogen) atoms. The molecule has 0 aliphatic heterocycles. The maximum atomic E-state index is 13.0. The number of hydrogen-bond acceptors (Lipinski definition) is 2. The summed E-state index contributed by atoms with van der Waals surface area (Å²) in [6, 6.07) is 17.3. The molecule has 5 heteroatoms. The van der Waals surface area contributed by atoms with Crippen LogP contribution >= 0.6 is 11.6 Å². The number of amides is 1. The average molecular weight is 354 g/mol. The van der Waals surface area contributed by atoms with Gasteiger partial charge in [-0.15, -0.1) is 0 Å². The van der Waals surface area contributed by atoms with E-state index in [9.17, 15) is 4.79 Å². The summed E-state index contributed by atoms with van der Waals surface area (Å²) in [5.41, 5.74) is 4.02. The van der Waals surface area contributed by atoms with Crippen LogP contribution in [0.15, 0.2) is 54.6 Å². The molecule has 4 nitrogen and oxygen atoms in total. The molecule has 0 N–H and O–H groups in total. The fourth-order valence-corrected chi connectivity index (χ4v) is 3.08. The lowest BCUT2D eigenvalue weighted by molar-refractivity contribution is 0.0991. The molecule has 0 aliphatic rings. The lowest BCUT2D eigenvalue weighted by atomic mass is 10.1. The molecule has 3 aromatic rings. The van der Waals surface area contributed by atoms with Crippen molar-refractivity contribution in [3.63, 3.8) is 0 Å². The lowest BCUT2D eigenvalue weighted by Gasteiger charge is -2.17. The molecule has 0 spiro atoms. The van der Waals surface area contributed by atoms with Crippen molar-refractivity contribution in [2.75, 3.05) is 11.9 Å². The molecule has 0 fully saturated rings. The van der Waals surface area contributed by atoms with E-state index in [1.807, 2.05) is 73.1 Å². The Morgan fingerprint density at radius 3 is 2.40 bits per heavy atom. The highest BCUT2D eigenvalue weighted by Crippen LogP contribution is 2.22. The molecule has 0 saturated carbocycles. The summed E-state index contributed by atoms with van der Waals surface area (Å²) in [6.45, 7) is 4.32. The summed E-state index contributed by atoms with van der Waals surface area (Å²) in [5.74, 6) is -0.0633. The Balaban J connectivity index is 1.92. The Morgan fingerprint density at radius 1 is 1.08 bits per heavy atom. The summed E-state index contributed by atoms with van der Waals surface area (Å²) in [5, 5.41) is 5.25. The van der Waals surface area contributed by atoms with Gasteiger partial charge >= 0.3 is 0 Å². The molecule has 0 aliphatic carbocycles. The van der Waals surface area contributed by atoms with Gasteiger partial charge in [0.1, 0.15) is 0 Å². The second kappa shape index (κ2) is 7.11. The maximum Gasteiger partial charge on any atom is 0.261 e. The number of para-hydroxylation sites is 1. The van der Waals surface area contributed by atoms with E-state index in [0.717, 1.165) is 22.6 Å². The van der Waals surface area contributed by atoms with E-state index in [2.05, 4.69) is 5.10 Å². The predicted octanol–water partition coefficient (Wildman–Crippen LogP) is 4.48. The highest BCUT2D eigenvalue weighted by molar-refractivity contribution is 6.31. The van der Waals surface area contributed by atoms with Crippen LogP contribution in [0.2, 0.25) is 5.02 Å². The van der Waals surface area contributed by atoms with Crippen LogP contribution in [0.5, 0.6) is 0 Å². The molecule has 0 atom stereocenters. The number of carbonyl (C=O) groups is 1. The van der Waals surface area contributed by atoms with E-state index >= 15 is 0 Å². The molecule has 1 amide bonds. The van der Waals surface area contributed by atoms with Crippen molar-refractivity contribution in [3.05, 3.63) is 82.1 Å². The van der Waals surface area contributed by atoms with Crippen LogP contribution in [0, 0.1) is 13.8 Å². The molecule has 1 heterocycles. The monoisotopic (exact) mass is 353 g/mol. The van der Waals surface area contributed by atoms with Crippen LogP contribution < -0.4 is 4.90 Å². The molecule has 0 saturated heterocycles. The Kier molecular flexibility index (Phi) is 4.91. The molecule has 0 unspecified atom stereocenters. The second-order valence-electron chi connectivity index (χ2n) is 5.99. The van der Waals surface area contributed by atoms with Crippen molar-refractivity contribution in [1.82, 2.24) is 9.78 Å². The zero-order chi connectivity index (χ0) is 18.0. The number of nitrogens with zero attached hydrogens (tertiary/aromatic N) is 3. The van der Waals surface area contributed by atoms with Gasteiger partial charge in [0.05, 0.1) is 17.8 Å². The van der Waals surface area contributed by atoms with Gasteiger partial charge in [-0.25, -0.2) is 0 Å². The topological polar surface area (TPSA) is 38.1 Å². The van der Waals surface area contributed by atoms with Gasteiger partial charge in [-0.2, -0.15) is 5.10 Å². The summed E-state index contributed by atoms with van der Waals surface area (Å²) in [6.07, 6.45) is 0. The van der Waals surface area contributed by atoms with Crippen molar-refractivity contribution >= 4 is 23.2 Å². The third-order valence-corrected chi connectivity index (χ3v) is 4.69. The van der Waals surface area contributed by atoms with E-state index in [4.69, 9.17) is 11.6 Å². The number of benzene rings is 2. The van der Waals surface area contributed by atoms with Gasteiger partial charge in [0.25, 0.3) is 5.91 Å². The van der Waals surface area contributed by atoms with Gasteiger partial charge < -0.3 is 4.90 Å². The number of aromatic nitrogens is 2. The molecule has 128 valence electrons. The van der Waals surface area contributed by atoms with Crippen LogP contribution in [-0.2, 0) is 6.54 Å². The average Bonchev–Trinajstić information content (AvgIpc) is 2.90. The zero-order valence-electron chi connectivity index (χ0n) is 14.5. The van der Waals surface area contributed by atoms with E-state index < -0.39 is 0 Å². The number of rotatable bonds is 4. The normalized spacial score (nSPS) is 10.7. The summed E-state index contributed by atoms with van der Waals surface area (Å²) in [7, 11) is 1.78. The highest BCUT2D eigenvalue weighted by Gasteiger charge is 2.22. The van der Waals surface area contributed by atoms with Crippen molar-refractivity contribution in [2.24, 2.45) is 0 Å². The van der Waals surface area contributed by atoms with Crippen molar-refractivity contribution in [2.45, 2.75) is 20.4 Å². The molecule has 0 bridgehead atoms. The molecular formula is C20H20ClN3O. The zero-order valence-corrected chi connectivity index (χ0v) is 15.3. The number of anilines is 1. The van der Waals surface area contributed by atoms with E-state index in [1.165, 1.54) is 0 Å². The van der Waals surface area contributed by atoms with Gasteiger partial charge in [-0.05, 0) is 37.6 Å². The fraction of sp³-hybridized carbons (Fsp3) is 0.200. The minimum atomic E-state index is -0.0633. The van der Waals surface area contributed by atoms with Crippen molar-refractivity contribution < 1.29 is 4.79 Å². The van der Waals surface area contributed by atoms with E-state index in [1.54, 1.807) is 11.9 Å². The van der Waals surface area contributed by atoms with Gasteiger partial charge in [-0.3, -0.25) is 9.48 Å². The van der Waals surface area contributed by atoms with Crippen LogP contribution in [0.3, 0.4) is 0 Å². The van der Waals surface area contributed by atoms with Gasteiger partial charge in [0.2, 0.25) is 0 Å². The third-order valence-electron chi connectivity index (χ3n) is 4.32. The SMILES string of the molecule is Cc1nn(Cc2ccccc2Cl)c(C)c1C(=O)N(C)c1ccccc1. The van der Waals surface area contributed by atoms with Gasteiger partial charge in [0.15, 0.2) is 0 Å². The highest BCUT2D eigenvalue weighted by atomic mass is 35.5. The number of halogens is 1. The molecule has 1 aromatic heterocycles. The minimum Gasteiger partial charge on any atom is -0.311 e. The van der Waals surface area contributed by atoms with Gasteiger partial charge in [-0.1, -0.05) is 48.0 Å². The maximum absolute atomic E-state index is 13.0. The first-order valence-corrected chi connectivity index (χ1v) is 8.47. The Hall–Kier alpha value is -2.59. The lowest BCUT2D eigenvalue weighted by Crippen LogP contribution is -2.27. The summed E-state index contributed by atoms with van der Waals surface area (Å²) < 4.78 is 1.84. The number of hydrogen-bond donors (Lipinski definition) is 0. The largest absolute Gasteiger partial charge is 0.311 e. The predicted molar refractivity (Wildman–Crippen MR) is 101 cm³/mol. The van der Waals surface area contributed by atoms with Crippen LogP contribution in [0.1, 0.15) is 27.3 Å². The third kappa shape index (κ3) is 3.44. The minimum absolute atomic E-state index is 0.0633. The van der Waals surface area contributed by atoms with Crippen LogP contribution in [0.25, 0.3) is 0 Å². The first-order chi connectivity index (χ1) is 12.0. The summed E-state index contributed by atoms with van der Waals surface area (Å²) >= 11 is 6.25. The Labute approximate surface area is 152 Å². The van der Waals surface area contributed by atoms with E-state index in [0.29, 0.717) is 17.1 Å². The Bertz CT molecular complexity index is 903. The molecule has 2 aromatic carbocycles. The Morgan fingerprint density at radius 2 is 1.72 bits per heavy atom. The molecule has 3 rings (SSSR count). The van der Waals surface area contributed by atoms with Crippen LogP contribution in [-0.4, -0.2) is 22.7 Å². The summed E-state index contributed by atoms with van der Waals surface area (Å²) in [4.78, 5) is 14.6. The van der Waals surface area contributed by atoms with Crippen LogP contribution in [0.4, 0.5) is 5.69 Å². The van der Waals surface area contributed by atoms with E-state index in [-0.39, 0.29) is 5.91 Å². The standard InChI is InChI=1S/C20H20ClN3O/c1-14-19(20(25)23(3)17-10-5-4-6-11-17)15(2)24(22-14)13-16-9-7-8-12-18(16)21/h4-12H,13H2,1-3H3. The first kappa shape index (κ1) is 17.2. The van der Waals surface area contributed by atoms with Gasteiger partial charge in [0, 0.05) is 23.5 Å². The molecule has 0 radical (unpaired) electrons. The quantitative estimate of drug-likeness (QED) is 0.693.